The van der Waals surface area contributed by atoms with Crippen LogP contribution < -0.4 is 4.74 Å². The molecule has 1 N–H and O–H groups in total. The van der Waals surface area contributed by atoms with Crippen LogP contribution in [0.1, 0.15) is 11.5 Å². The minimum Gasteiger partial charge on any atom is -0.492 e. The van der Waals surface area contributed by atoms with Gasteiger partial charge in [-0.3, -0.25) is 14.5 Å². The van der Waals surface area contributed by atoms with Crippen molar-refractivity contribution in [1.29, 1.82) is 0 Å². The van der Waals surface area contributed by atoms with Crippen molar-refractivity contribution in [3.63, 3.8) is 0 Å². The standard InChI is InChI=1S/C17H18N2O6/c20-14(8-18-5-6-24-16(18)23)19-7-12-11-3-1-2-4-13(11)25-10-17(12,9-19)15(21)22/h1-4,12H,5-10H2,(H,21,22). The van der Waals surface area contributed by atoms with Crippen LogP contribution in [0.15, 0.2) is 24.3 Å². The highest BCUT2D eigenvalue weighted by Crippen LogP contribution is 2.49. The second-order valence-electron chi connectivity index (χ2n) is 6.65. The molecule has 0 aliphatic carbocycles. The van der Waals surface area contributed by atoms with Gasteiger partial charge in [-0.2, -0.15) is 0 Å². The number of nitrogens with zero attached hydrogens (tertiary/aromatic N) is 2. The van der Waals surface area contributed by atoms with E-state index in [1.54, 1.807) is 0 Å². The molecule has 2 fully saturated rings. The summed E-state index contributed by atoms with van der Waals surface area (Å²) in [6.07, 6.45) is -0.508. The first-order valence-corrected chi connectivity index (χ1v) is 8.16. The molecule has 0 spiro atoms. The Bertz CT molecular complexity index is 750. The minimum atomic E-state index is -1.16. The van der Waals surface area contributed by atoms with Crippen LogP contribution in [0.3, 0.4) is 0 Å². The summed E-state index contributed by atoms with van der Waals surface area (Å²) in [5.74, 6) is -0.902. The minimum absolute atomic E-state index is 0.0273. The molecule has 25 heavy (non-hydrogen) atoms. The second-order valence-corrected chi connectivity index (χ2v) is 6.65. The summed E-state index contributed by atoms with van der Waals surface area (Å²) >= 11 is 0. The maximum atomic E-state index is 12.6. The molecule has 0 saturated carbocycles. The molecule has 8 heteroatoms. The van der Waals surface area contributed by atoms with E-state index in [1.165, 1.54) is 9.80 Å². The number of carbonyl (C=O) groups excluding carboxylic acids is 2. The Labute approximate surface area is 143 Å². The fraction of sp³-hybridized carbons (Fsp3) is 0.471. The zero-order valence-corrected chi connectivity index (χ0v) is 13.5. The Balaban J connectivity index is 1.59. The van der Waals surface area contributed by atoms with Crippen molar-refractivity contribution in [2.75, 3.05) is 39.4 Å². The van der Waals surface area contributed by atoms with Gasteiger partial charge >= 0.3 is 12.1 Å². The van der Waals surface area contributed by atoms with Crippen LogP contribution in [0.5, 0.6) is 5.75 Å². The summed E-state index contributed by atoms with van der Waals surface area (Å²) in [4.78, 5) is 39.0. The molecule has 3 aliphatic rings. The Kier molecular flexibility index (Phi) is 3.55. The molecule has 0 aromatic heterocycles. The number of hydrogen-bond donors (Lipinski definition) is 1. The number of likely N-dealkylation sites (tertiary alicyclic amines) is 1. The molecule has 1 aromatic rings. The molecule has 132 valence electrons. The normalized spacial score (nSPS) is 27.4. The number of benzene rings is 1. The highest BCUT2D eigenvalue weighted by Gasteiger charge is 2.57. The van der Waals surface area contributed by atoms with E-state index in [9.17, 15) is 19.5 Å². The van der Waals surface area contributed by atoms with Gasteiger partial charge in [0.2, 0.25) is 5.91 Å². The second kappa shape index (κ2) is 5.65. The lowest BCUT2D eigenvalue weighted by atomic mass is 9.73. The summed E-state index contributed by atoms with van der Waals surface area (Å²) in [6.45, 7) is 0.952. The molecular formula is C17H18N2O6. The number of amides is 2. The molecule has 3 heterocycles. The molecule has 8 nitrogen and oxygen atoms in total. The molecule has 0 radical (unpaired) electrons. The number of carboxylic acid groups (broad SMARTS) is 1. The number of fused-ring (bicyclic) bond motifs is 3. The first-order chi connectivity index (χ1) is 12.0. The molecule has 0 bridgehead atoms. The predicted molar refractivity (Wildman–Crippen MR) is 84.2 cm³/mol. The molecule has 1 aromatic carbocycles. The van der Waals surface area contributed by atoms with Gasteiger partial charge in [-0.25, -0.2) is 4.79 Å². The van der Waals surface area contributed by atoms with Gasteiger partial charge in [-0.15, -0.1) is 0 Å². The number of aliphatic carboxylic acids is 1. The fourth-order valence-corrected chi connectivity index (χ4v) is 3.86. The molecular weight excluding hydrogens is 328 g/mol. The average molecular weight is 346 g/mol. The van der Waals surface area contributed by atoms with Crippen LogP contribution in [-0.4, -0.2) is 72.3 Å². The van der Waals surface area contributed by atoms with Gasteiger partial charge in [0, 0.05) is 24.6 Å². The molecule has 4 rings (SSSR count). The summed E-state index contributed by atoms with van der Waals surface area (Å²) in [7, 11) is 0. The molecule has 2 atom stereocenters. The van der Waals surface area contributed by atoms with Crippen LogP contribution >= 0.6 is 0 Å². The number of cyclic esters (lactones) is 1. The quantitative estimate of drug-likeness (QED) is 0.858. The summed E-state index contributed by atoms with van der Waals surface area (Å²) in [5.41, 5.74) is -0.345. The van der Waals surface area contributed by atoms with Gasteiger partial charge < -0.3 is 19.5 Å². The van der Waals surface area contributed by atoms with Gasteiger partial charge in [-0.05, 0) is 6.07 Å². The molecule has 2 amide bonds. The first-order valence-electron chi connectivity index (χ1n) is 8.16. The number of carbonyl (C=O) groups is 3. The van der Waals surface area contributed by atoms with Crippen LogP contribution in [-0.2, 0) is 14.3 Å². The Morgan fingerprint density at radius 2 is 2.08 bits per heavy atom. The smallest absolute Gasteiger partial charge is 0.410 e. The predicted octanol–water partition coefficient (Wildman–Crippen LogP) is 0.528. The zero-order valence-electron chi connectivity index (χ0n) is 13.5. The van der Waals surface area contributed by atoms with Gasteiger partial charge in [0.15, 0.2) is 0 Å². The molecule has 3 aliphatic heterocycles. The largest absolute Gasteiger partial charge is 0.492 e. The summed E-state index contributed by atoms with van der Waals surface area (Å²) in [6, 6.07) is 7.34. The van der Waals surface area contributed by atoms with Crippen molar-refractivity contribution < 1.29 is 29.0 Å². The van der Waals surface area contributed by atoms with Crippen LogP contribution in [0.25, 0.3) is 0 Å². The van der Waals surface area contributed by atoms with Crippen molar-refractivity contribution in [2.45, 2.75) is 5.92 Å². The van der Waals surface area contributed by atoms with E-state index >= 15 is 0 Å². The van der Waals surface area contributed by atoms with Gasteiger partial charge in [0.05, 0.1) is 6.54 Å². The average Bonchev–Trinajstić information content (AvgIpc) is 3.19. The van der Waals surface area contributed by atoms with Gasteiger partial charge in [-0.1, -0.05) is 18.2 Å². The molecule has 2 saturated heterocycles. The maximum absolute atomic E-state index is 12.6. The lowest BCUT2D eigenvalue weighted by molar-refractivity contribution is -0.152. The number of ether oxygens (including phenoxy) is 2. The highest BCUT2D eigenvalue weighted by molar-refractivity contribution is 5.86. The van der Waals surface area contributed by atoms with Crippen molar-refractivity contribution >= 4 is 18.0 Å². The maximum Gasteiger partial charge on any atom is 0.410 e. The van der Waals surface area contributed by atoms with E-state index in [2.05, 4.69) is 0 Å². The third-order valence-electron chi connectivity index (χ3n) is 5.27. The van der Waals surface area contributed by atoms with E-state index < -0.39 is 17.5 Å². The number of para-hydroxylation sites is 1. The summed E-state index contributed by atoms with van der Waals surface area (Å²) in [5, 5.41) is 9.85. The Morgan fingerprint density at radius 1 is 1.28 bits per heavy atom. The number of carboxylic acids is 1. The van der Waals surface area contributed by atoms with E-state index in [1.807, 2.05) is 24.3 Å². The van der Waals surface area contributed by atoms with Crippen LogP contribution in [0, 0.1) is 5.41 Å². The van der Waals surface area contributed by atoms with E-state index in [4.69, 9.17) is 9.47 Å². The topological polar surface area (TPSA) is 96.4 Å². The van der Waals surface area contributed by atoms with E-state index in [0.29, 0.717) is 18.8 Å². The van der Waals surface area contributed by atoms with Crippen LogP contribution in [0.4, 0.5) is 4.79 Å². The Hall–Kier alpha value is -2.77. The van der Waals surface area contributed by atoms with Crippen molar-refractivity contribution in [1.82, 2.24) is 9.80 Å². The summed E-state index contributed by atoms with van der Waals surface area (Å²) < 4.78 is 10.5. The lowest BCUT2D eigenvalue weighted by Gasteiger charge is -2.35. The number of rotatable bonds is 3. The van der Waals surface area contributed by atoms with Crippen molar-refractivity contribution in [2.24, 2.45) is 5.41 Å². The van der Waals surface area contributed by atoms with E-state index in [0.717, 1.165) is 5.56 Å². The fourth-order valence-electron chi connectivity index (χ4n) is 3.86. The zero-order chi connectivity index (χ0) is 17.6. The van der Waals surface area contributed by atoms with Crippen molar-refractivity contribution in [3.8, 4) is 5.75 Å². The monoisotopic (exact) mass is 346 g/mol. The first kappa shape index (κ1) is 15.7. The number of hydrogen-bond acceptors (Lipinski definition) is 5. The Morgan fingerprint density at radius 3 is 2.80 bits per heavy atom. The third-order valence-corrected chi connectivity index (χ3v) is 5.27. The van der Waals surface area contributed by atoms with Crippen molar-refractivity contribution in [3.05, 3.63) is 29.8 Å². The SMILES string of the molecule is O=C(CN1CCOC1=O)N1CC2c3ccccc3OCC2(C(=O)O)C1. The van der Waals surface area contributed by atoms with Gasteiger partial charge in [0.1, 0.15) is 30.9 Å². The lowest BCUT2D eigenvalue weighted by Crippen LogP contribution is -2.46. The third kappa shape index (κ3) is 2.40. The van der Waals surface area contributed by atoms with Gasteiger partial charge in [0.25, 0.3) is 0 Å². The van der Waals surface area contributed by atoms with E-state index in [-0.39, 0.29) is 38.1 Å². The highest BCUT2D eigenvalue weighted by atomic mass is 16.6. The van der Waals surface area contributed by atoms with Crippen LogP contribution in [0.2, 0.25) is 0 Å². The molecule has 2 unspecified atom stereocenters.